The second-order valence-electron chi connectivity index (χ2n) is 4.68. The molecular formula is C14H23N5. The van der Waals surface area contributed by atoms with Crippen molar-refractivity contribution in [2.75, 3.05) is 31.5 Å². The van der Waals surface area contributed by atoms with E-state index in [-0.39, 0.29) is 0 Å². The zero-order valence-corrected chi connectivity index (χ0v) is 12.1. The van der Waals surface area contributed by atoms with Crippen LogP contribution in [-0.2, 0) is 0 Å². The van der Waals surface area contributed by atoms with Crippen molar-refractivity contribution in [1.82, 2.24) is 19.5 Å². The van der Waals surface area contributed by atoms with E-state index in [1.807, 2.05) is 29.6 Å². The van der Waals surface area contributed by atoms with Gasteiger partial charge in [-0.25, -0.2) is 4.52 Å². The van der Waals surface area contributed by atoms with Crippen LogP contribution in [-0.4, -0.2) is 45.7 Å². The summed E-state index contributed by atoms with van der Waals surface area (Å²) in [6.07, 6.45) is 1.11. The van der Waals surface area contributed by atoms with Gasteiger partial charge in [-0.15, -0.1) is 5.10 Å². The summed E-state index contributed by atoms with van der Waals surface area (Å²) in [5.41, 5.74) is 1.99. The zero-order valence-electron chi connectivity index (χ0n) is 12.1. The quantitative estimate of drug-likeness (QED) is 0.776. The minimum Gasteiger partial charge on any atom is -0.353 e. The summed E-state index contributed by atoms with van der Waals surface area (Å²) in [7, 11) is 0. The third-order valence-corrected chi connectivity index (χ3v) is 3.38. The van der Waals surface area contributed by atoms with Gasteiger partial charge in [0.2, 0.25) is 5.95 Å². The molecule has 0 spiro atoms. The van der Waals surface area contributed by atoms with Crippen molar-refractivity contribution in [3.05, 3.63) is 23.9 Å². The maximum Gasteiger partial charge on any atom is 0.243 e. The van der Waals surface area contributed by atoms with Gasteiger partial charge in [0.15, 0.2) is 5.65 Å². The van der Waals surface area contributed by atoms with Crippen LogP contribution >= 0.6 is 0 Å². The summed E-state index contributed by atoms with van der Waals surface area (Å²) in [5.74, 6) is 0.717. The minimum atomic E-state index is 0.717. The van der Waals surface area contributed by atoms with Crippen LogP contribution in [0.3, 0.4) is 0 Å². The van der Waals surface area contributed by atoms with Gasteiger partial charge in [0.05, 0.1) is 0 Å². The third kappa shape index (κ3) is 3.44. The van der Waals surface area contributed by atoms with Crippen molar-refractivity contribution in [2.24, 2.45) is 0 Å². The Morgan fingerprint density at radius 2 is 2.05 bits per heavy atom. The van der Waals surface area contributed by atoms with Crippen LogP contribution in [0, 0.1) is 6.92 Å². The lowest BCUT2D eigenvalue weighted by Crippen LogP contribution is -2.25. The molecule has 2 aromatic heterocycles. The topological polar surface area (TPSA) is 45.5 Å². The molecule has 2 rings (SSSR count). The van der Waals surface area contributed by atoms with Crippen molar-refractivity contribution < 1.29 is 0 Å². The first kappa shape index (κ1) is 13.8. The SMILES string of the molecule is CCN(CC)CCCNc1nc2cccc(C)n2n1. The van der Waals surface area contributed by atoms with Crippen molar-refractivity contribution in [1.29, 1.82) is 0 Å². The molecule has 0 saturated carbocycles. The standard InChI is InChI=1S/C14H23N5/c1-4-18(5-2)11-7-10-15-14-16-13-9-6-8-12(3)19(13)17-14/h6,8-9H,4-5,7,10-11H2,1-3H3,(H,15,17). The first-order valence-corrected chi connectivity index (χ1v) is 7.03. The molecule has 5 heteroatoms. The largest absolute Gasteiger partial charge is 0.353 e. The molecule has 2 aromatic rings. The van der Waals surface area contributed by atoms with E-state index in [1.165, 1.54) is 0 Å². The van der Waals surface area contributed by atoms with Gasteiger partial charge < -0.3 is 10.2 Å². The van der Waals surface area contributed by atoms with Gasteiger partial charge in [0.1, 0.15) is 0 Å². The van der Waals surface area contributed by atoms with E-state index in [0.29, 0.717) is 5.95 Å². The minimum absolute atomic E-state index is 0.717. The summed E-state index contributed by atoms with van der Waals surface area (Å²) in [4.78, 5) is 6.88. The highest BCUT2D eigenvalue weighted by molar-refractivity contribution is 5.44. The molecule has 5 nitrogen and oxygen atoms in total. The third-order valence-electron chi connectivity index (χ3n) is 3.38. The molecule has 19 heavy (non-hydrogen) atoms. The van der Waals surface area contributed by atoms with Gasteiger partial charge in [-0.05, 0) is 45.1 Å². The van der Waals surface area contributed by atoms with Crippen LogP contribution in [0.25, 0.3) is 5.65 Å². The van der Waals surface area contributed by atoms with Gasteiger partial charge in [0.25, 0.3) is 0 Å². The number of nitrogens with zero attached hydrogens (tertiary/aromatic N) is 4. The van der Waals surface area contributed by atoms with Crippen molar-refractivity contribution in [3.63, 3.8) is 0 Å². The average Bonchev–Trinajstić information content (AvgIpc) is 2.83. The molecule has 0 saturated heterocycles. The predicted octanol–water partition coefficient (Wildman–Crippen LogP) is 2.18. The van der Waals surface area contributed by atoms with Crippen LogP contribution in [0.1, 0.15) is 26.0 Å². The predicted molar refractivity (Wildman–Crippen MR) is 78.6 cm³/mol. The van der Waals surface area contributed by atoms with Crippen LogP contribution in [0.4, 0.5) is 5.95 Å². The fourth-order valence-electron chi connectivity index (χ4n) is 2.15. The Labute approximate surface area is 114 Å². The van der Waals surface area contributed by atoms with Crippen LogP contribution in [0.2, 0.25) is 0 Å². The van der Waals surface area contributed by atoms with E-state index in [4.69, 9.17) is 0 Å². The number of hydrogen-bond donors (Lipinski definition) is 1. The molecule has 0 fully saturated rings. The molecule has 0 atom stereocenters. The lowest BCUT2D eigenvalue weighted by atomic mass is 10.3. The lowest BCUT2D eigenvalue weighted by Gasteiger charge is -2.17. The number of aryl methyl sites for hydroxylation is 1. The molecule has 0 unspecified atom stereocenters. The van der Waals surface area contributed by atoms with Gasteiger partial charge in [0, 0.05) is 12.2 Å². The number of fused-ring (bicyclic) bond motifs is 1. The van der Waals surface area contributed by atoms with Crippen molar-refractivity contribution >= 4 is 11.6 Å². The fraction of sp³-hybridized carbons (Fsp3) is 0.571. The average molecular weight is 261 g/mol. The molecule has 1 N–H and O–H groups in total. The number of pyridine rings is 1. The molecular weight excluding hydrogens is 238 g/mol. The molecule has 0 aromatic carbocycles. The first-order valence-electron chi connectivity index (χ1n) is 7.03. The number of nitrogens with one attached hydrogen (secondary N) is 1. The maximum atomic E-state index is 4.46. The number of aromatic nitrogens is 3. The van der Waals surface area contributed by atoms with E-state index >= 15 is 0 Å². The van der Waals surface area contributed by atoms with Gasteiger partial charge >= 0.3 is 0 Å². The monoisotopic (exact) mass is 261 g/mol. The normalized spacial score (nSPS) is 11.4. The summed E-state index contributed by atoms with van der Waals surface area (Å²) < 4.78 is 1.87. The summed E-state index contributed by atoms with van der Waals surface area (Å²) in [5, 5.41) is 7.75. The fourth-order valence-corrected chi connectivity index (χ4v) is 2.15. The Morgan fingerprint density at radius 3 is 2.74 bits per heavy atom. The second kappa shape index (κ2) is 6.52. The Balaban J connectivity index is 1.86. The van der Waals surface area contributed by atoms with Crippen molar-refractivity contribution in [3.8, 4) is 0 Å². The smallest absolute Gasteiger partial charge is 0.243 e. The summed E-state index contributed by atoms with van der Waals surface area (Å²) >= 11 is 0. The molecule has 0 amide bonds. The van der Waals surface area contributed by atoms with Crippen LogP contribution < -0.4 is 5.32 Å². The Bertz CT molecular complexity index is 516. The van der Waals surface area contributed by atoms with E-state index in [0.717, 1.165) is 43.9 Å². The molecule has 104 valence electrons. The summed E-state index contributed by atoms with van der Waals surface area (Å²) in [6.45, 7) is 10.7. The maximum absolute atomic E-state index is 4.46. The lowest BCUT2D eigenvalue weighted by molar-refractivity contribution is 0.303. The Hall–Kier alpha value is -1.62. The molecule has 0 bridgehead atoms. The molecule has 0 aliphatic heterocycles. The highest BCUT2D eigenvalue weighted by Gasteiger charge is 2.04. The Kier molecular flexibility index (Phi) is 4.74. The zero-order chi connectivity index (χ0) is 13.7. The van der Waals surface area contributed by atoms with Crippen LogP contribution in [0.15, 0.2) is 18.2 Å². The molecule has 0 aliphatic rings. The highest BCUT2D eigenvalue weighted by atomic mass is 15.3. The van der Waals surface area contributed by atoms with Gasteiger partial charge in [-0.2, -0.15) is 4.98 Å². The Morgan fingerprint density at radius 1 is 1.26 bits per heavy atom. The van der Waals surface area contributed by atoms with E-state index < -0.39 is 0 Å². The second-order valence-corrected chi connectivity index (χ2v) is 4.68. The summed E-state index contributed by atoms with van der Waals surface area (Å²) in [6, 6.07) is 6.01. The van der Waals surface area contributed by atoms with E-state index in [1.54, 1.807) is 0 Å². The number of hydrogen-bond acceptors (Lipinski definition) is 4. The van der Waals surface area contributed by atoms with Crippen LogP contribution in [0.5, 0.6) is 0 Å². The highest BCUT2D eigenvalue weighted by Crippen LogP contribution is 2.07. The molecule has 0 aliphatic carbocycles. The van der Waals surface area contributed by atoms with E-state index in [2.05, 4.69) is 34.1 Å². The van der Waals surface area contributed by atoms with Crippen molar-refractivity contribution in [2.45, 2.75) is 27.2 Å². The van der Waals surface area contributed by atoms with E-state index in [9.17, 15) is 0 Å². The number of rotatable bonds is 7. The number of anilines is 1. The van der Waals surface area contributed by atoms with Gasteiger partial charge in [-0.3, -0.25) is 0 Å². The molecule has 0 radical (unpaired) electrons. The first-order chi connectivity index (χ1) is 9.24. The van der Waals surface area contributed by atoms with Gasteiger partial charge in [-0.1, -0.05) is 19.9 Å². The molecule has 2 heterocycles.